The van der Waals surface area contributed by atoms with Crippen LogP contribution < -0.4 is 9.13 Å². The first-order valence-corrected chi connectivity index (χ1v) is 7.26. The Morgan fingerprint density at radius 3 is 1.61 bits per heavy atom. The smallest absolute Gasteiger partial charge is 0.201 e. The van der Waals surface area contributed by atoms with E-state index in [1.165, 1.54) is 0 Å². The van der Waals surface area contributed by atoms with Gasteiger partial charge in [-0.1, -0.05) is 0 Å². The van der Waals surface area contributed by atoms with Gasteiger partial charge < -0.3 is 0 Å². The number of hydrogen-bond acceptors (Lipinski definition) is 1. The van der Waals surface area contributed by atoms with Crippen LogP contribution in [0, 0.1) is 18.8 Å². The third kappa shape index (κ3) is 2.59. The zero-order valence-electron chi connectivity index (χ0n) is 13.2. The van der Waals surface area contributed by atoms with Crippen molar-refractivity contribution in [3.63, 3.8) is 0 Å². The number of nitrogens with zero attached hydrogens (tertiary/aromatic N) is 3. The first-order chi connectivity index (χ1) is 11.0. The minimum atomic E-state index is -0.802. The summed E-state index contributed by atoms with van der Waals surface area (Å²) in [6.45, 7) is 1.72. The number of aryl methyl sites for hydroxylation is 2. The van der Waals surface area contributed by atoms with Crippen LogP contribution in [0.2, 0.25) is 0 Å². The maximum Gasteiger partial charge on any atom is 0.229 e. The van der Waals surface area contributed by atoms with E-state index in [0.717, 1.165) is 0 Å². The SMILES string of the molecule is Cc1c(-c2cccc[n+]2C)c(F)nc(F)c1-c1cccc[n+]1C. The summed E-state index contributed by atoms with van der Waals surface area (Å²) in [5.41, 5.74) is 2.45. The molecule has 3 rings (SSSR count). The highest BCUT2D eigenvalue weighted by molar-refractivity contribution is 5.72. The molecule has 0 saturated carbocycles. The predicted molar refractivity (Wildman–Crippen MR) is 82.1 cm³/mol. The summed E-state index contributed by atoms with van der Waals surface area (Å²) in [5, 5.41) is 0. The van der Waals surface area contributed by atoms with Crippen LogP contribution in [0.4, 0.5) is 8.78 Å². The van der Waals surface area contributed by atoms with Gasteiger partial charge in [0.2, 0.25) is 23.3 Å². The van der Waals surface area contributed by atoms with Gasteiger partial charge in [-0.2, -0.15) is 13.8 Å². The third-order valence-corrected chi connectivity index (χ3v) is 3.98. The molecule has 0 bridgehead atoms. The van der Waals surface area contributed by atoms with E-state index in [-0.39, 0.29) is 0 Å². The Balaban J connectivity index is 2.35. The van der Waals surface area contributed by atoms with Crippen LogP contribution in [0.1, 0.15) is 5.56 Å². The standard InChI is InChI=1S/C18H17F2N3/c1-12-15(13-8-4-6-10-22(13)2)17(19)21-18(20)16(12)14-9-5-7-11-23(14)3/h4-11H,1-3H3/q+2. The Hall–Kier alpha value is -2.69. The van der Waals surface area contributed by atoms with E-state index in [9.17, 15) is 8.78 Å². The second kappa shape index (κ2) is 5.83. The summed E-state index contributed by atoms with van der Waals surface area (Å²) >= 11 is 0. The second-order valence-electron chi connectivity index (χ2n) is 5.46. The average Bonchev–Trinajstić information content (AvgIpc) is 2.50. The number of rotatable bonds is 2. The molecular weight excluding hydrogens is 296 g/mol. The van der Waals surface area contributed by atoms with Crippen molar-refractivity contribution in [2.45, 2.75) is 6.92 Å². The summed E-state index contributed by atoms with van der Waals surface area (Å²) in [5.74, 6) is -1.60. The van der Waals surface area contributed by atoms with E-state index >= 15 is 0 Å². The molecule has 3 aromatic heterocycles. The van der Waals surface area contributed by atoms with Crippen molar-refractivity contribution in [2.75, 3.05) is 0 Å². The van der Waals surface area contributed by atoms with Crippen molar-refractivity contribution in [1.29, 1.82) is 0 Å². The number of aromatic nitrogens is 3. The van der Waals surface area contributed by atoms with E-state index < -0.39 is 11.9 Å². The monoisotopic (exact) mass is 313 g/mol. The van der Waals surface area contributed by atoms with Crippen LogP contribution in [0.15, 0.2) is 48.8 Å². The lowest BCUT2D eigenvalue weighted by Crippen LogP contribution is -2.32. The zero-order chi connectivity index (χ0) is 16.6. The Bertz CT molecular complexity index is 822. The van der Waals surface area contributed by atoms with Crippen LogP contribution in [-0.4, -0.2) is 4.98 Å². The van der Waals surface area contributed by atoms with Crippen LogP contribution >= 0.6 is 0 Å². The summed E-state index contributed by atoms with van der Waals surface area (Å²) in [7, 11) is 3.64. The van der Waals surface area contributed by atoms with Crippen molar-refractivity contribution in [3.05, 3.63) is 66.3 Å². The number of halogens is 2. The molecule has 116 valence electrons. The van der Waals surface area contributed by atoms with E-state index in [1.54, 1.807) is 28.2 Å². The van der Waals surface area contributed by atoms with Crippen molar-refractivity contribution >= 4 is 0 Å². The van der Waals surface area contributed by atoms with Gasteiger partial charge in [0.15, 0.2) is 12.4 Å². The molecule has 0 N–H and O–H groups in total. The topological polar surface area (TPSA) is 20.6 Å². The molecule has 0 radical (unpaired) electrons. The minimum Gasteiger partial charge on any atom is -0.201 e. The normalized spacial score (nSPS) is 10.8. The van der Waals surface area contributed by atoms with Crippen molar-refractivity contribution in [3.8, 4) is 22.5 Å². The molecule has 0 atom stereocenters. The average molecular weight is 313 g/mol. The molecule has 0 aliphatic carbocycles. The molecule has 0 fully saturated rings. The highest BCUT2D eigenvalue weighted by atomic mass is 19.1. The van der Waals surface area contributed by atoms with Crippen LogP contribution in [0.25, 0.3) is 22.5 Å². The molecule has 3 heterocycles. The highest BCUT2D eigenvalue weighted by Crippen LogP contribution is 2.31. The van der Waals surface area contributed by atoms with E-state index in [2.05, 4.69) is 4.98 Å². The maximum atomic E-state index is 14.4. The number of pyridine rings is 3. The molecule has 3 aromatic rings. The lowest BCUT2D eigenvalue weighted by atomic mass is 9.99. The second-order valence-corrected chi connectivity index (χ2v) is 5.46. The van der Waals surface area contributed by atoms with Crippen LogP contribution in [0.5, 0.6) is 0 Å². The number of hydrogen-bond donors (Lipinski definition) is 0. The molecule has 0 aliphatic heterocycles. The lowest BCUT2D eigenvalue weighted by molar-refractivity contribution is -0.660. The van der Waals surface area contributed by atoms with E-state index in [0.29, 0.717) is 28.1 Å². The van der Waals surface area contributed by atoms with Crippen LogP contribution in [-0.2, 0) is 14.1 Å². The van der Waals surface area contributed by atoms with Crippen molar-refractivity contribution in [1.82, 2.24) is 4.98 Å². The Morgan fingerprint density at radius 2 is 1.22 bits per heavy atom. The first kappa shape index (κ1) is 15.2. The summed E-state index contributed by atoms with van der Waals surface area (Å²) in [6.07, 6.45) is 3.64. The molecule has 0 spiro atoms. The minimum absolute atomic E-state index is 0.313. The van der Waals surface area contributed by atoms with Gasteiger partial charge in [0.05, 0.1) is 0 Å². The van der Waals surface area contributed by atoms with Crippen molar-refractivity contribution < 1.29 is 17.9 Å². The largest absolute Gasteiger partial charge is 0.229 e. The summed E-state index contributed by atoms with van der Waals surface area (Å²) < 4.78 is 32.4. The van der Waals surface area contributed by atoms with E-state index in [4.69, 9.17) is 0 Å². The summed E-state index contributed by atoms with van der Waals surface area (Å²) in [4.78, 5) is 3.51. The van der Waals surface area contributed by atoms with Gasteiger partial charge in [0.1, 0.15) is 25.2 Å². The van der Waals surface area contributed by atoms with Gasteiger partial charge in [0, 0.05) is 24.3 Å². The van der Waals surface area contributed by atoms with Crippen LogP contribution in [0.3, 0.4) is 0 Å². The molecule has 0 aliphatic rings. The molecule has 23 heavy (non-hydrogen) atoms. The Morgan fingerprint density at radius 1 is 0.783 bits per heavy atom. The maximum absolute atomic E-state index is 14.4. The molecule has 0 unspecified atom stereocenters. The lowest BCUT2D eigenvalue weighted by Gasteiger charge is -2.10. The molecule has 5 heteroatoms. The molecule has 3 nitrogen and oxygen atoms in total. The fourth-order valence-corrected chi connectivity index (χ4v) is 2.79. The van der Waals surface area contributed by atoms with E-state index in [1.807, 2.05) is 50.8 Å². The quantitative estimate of drug-likeness (QED) is 0.526. The fourth-order valence-electron chi connectivity index (χ4n) is 2.79. The summed E-state index contributed by atoms with van der Waals surface area (Å²) in [6, 6.07) is 10.9. The Kier molecular flexibility index (Phi) is 3.86. The van der Waals surface area contributed by atoms with Gasteiger partial charge in [0.25, 0.3) is 0 Å². The van der Waals surface area contributed by atoms with Gasteiger partial charge in [-0.05, 0) is 24.6 Å². The molecule has 0 amide bonds. The van der Waals surface area contributed by atoms with Gasteiger partial charge in [-0.3, -0.25) is 0 Å². The molecule has 0 aromatic carbocycles. The first-order valence-electron chi connectivity index (χ1n) is 7.26. The van der Waals surface area contributed by atoms with Gasteiger partial charge in [-0.25, -0.2) is 9.13 Å². The molecule has 0 saturated heterocycles. The van der Waals surface area contributed by atoms with Gasteiger partial charge >= 0.3 is 0 Å². The fraction of sp³-hybridized carbons (Fsp3) is 0.167. The molecular formula is C18H17F2N3+2. The Labute approximate surface area is 133 Å². The third-order valence-electron chi connectivity index (χ3n) is 3.98. The van der Waals surface area contributed by atoms with Gasteiger partial charge in [-0.15, -0.1) is 0 Å². The predicted octanol–water partition coefficient (Wildman–Crippen LogP) is 2.65. The highest BCUT2D eigenvalue weighted by Gasteiger charge is 2.27. The van der Waals surface area contributed by atoms with Crippen molar-refractivity contribution in [2.24, 2.45) is 14.1 Å². The zero-order valence-corrected chi connectivity index (χ0v) is 13.2.